The zero-order chi connectivity index (χ0) is 20.7. The predicted molar refractivity (Wildman–Crippen MR) is 122 cm³/mol. The van der Waals surface area contributed by atoms with Gasteiger partial charge < -0.3 is 0 Å². The summed E-state index contributed by atoms with van der Waals surface area (Å²) in [5.41, 5.74) is 2.57. The number of carbonyl (C=O) groups is 2. The normalized spacial score (nSPS) is 29.7. The lowest BCUT2D eigenvalue weighted by molar-refractivity contribution is -0.143. The van der Waals surface area contributed by atoms with Gasteiger partial charge in [0.15, 0.2) is 0 Å². The summed E-state index contributed by atoms with van der Waals surface area (Å²) in [5, 5.41) is 4.97. The van der Waals surface area contributed by atoms with E-state index in [0.717, 1.165) is 25.7 Å². The maximum atomic E-state index is 13.7. The van der Waals surface area contributed by atoms with Crippen LogP contribution in [0.3, 0.4) is 0 Å². The van der Waals surface area contributed by atoms with Gasteiger partial charge in [-0.1, -0.05) is 79.9 Å². The van der Waals surface area contributed by atoms with Gasteiger partial charge in [-0.25, -0.2) is 0 Å². The molecule has 0 N–H and O–H groups in total. The summed E-state index contributed by atoms with van der Waals surface area (Å²) in [6.07, 6.45) is 9.86. The van der Waals surface area contributed by atoms with Crippen molar-refractivity contribution in [3.63, 3.8) is 0 Å². The van der Waals surface area contributed by atoms with Crippen LogP contribution in [-0.4, -0.2) is 22.8 Å². The van der Waals surface area contributed by atoms with Crippen molar-refractivity contribution in [1.82, 2.24) is 4.90 Å². The summed E-state index contributed by atoms with van der Waals surface area (Å²) < 4.78 is 0. The van der Waals surface area contributed by atoms with Gasteiger partial charge in [-0.3, -0.25) is 14.5 Å². The molecule has 2 amide bonds. The molecule has 1 saturated heterocycles. The number of carbonyl (C=O) groups excluding carboxylic acids is 2. The van der Waals surface area contributed by atoms with Crippen LogP contribution in [0.25, 0.3) is 21.5 Å². The maximum absolute atomic E-state index is 13.7. The molecule has 4 atom stereocenters. The highest BCUT2D eigenvalue weighted by Gasteiger charge is 2.60. The third-order valence-electron chi connectivity index (χ3n) is 8.35. The molecule has 0 aromatic heterocycles. The molecule has 5 aliphatic rings. The average Bonchev–Trinajstić information content (AvgIpc) is 3.11. The quantitative estimate of drug-likeness (QED) is 0.296. The Bertz CT molecular complexity index is 1210. The van der Waals surface area contributed by atoms with Gasteiger partial charge in [0.05, 0.1) is 11.8 Å². The van der Waals surface area contributed by atoms with Crippen LogP contribution < -0.4 is 0 Å². The minimum absolute atomic E-state index is 0.00968. The van der Waals surface area contributed by atoms with E-state index >= 15 is 0 Å². The Balaban J connectivity index is 1.47. The molecule has 8 rings (SSSR count). The van der Waals surface area contributed by atoms with Crippen molar-refractivity contribution in [2.24, 2.45) is 11.8 Å². The van der Waals surface area contributed by atoms with E-state index in [2.05, 4.69) is 60.7 Å². The fourth-order valence-electron chi connectivity index (χ4n) is 7.13. The van der Waals surface area contributed by atoms with Crippen LogP contribution in [0.4, 0.5) is 0 Å². The zero-order valence-corrected chi connectivity index (χ0v) is 17.5. The summed E-state index contributed by atoms with van der Waals surface area (Å²) >= 11 is 0. The maximum Gasteiger partial charge on any atom is 0.234 e. The number of likely N-dealkylation sites (tertiary alicyclic amines) is 1. The van der Waals surface area contributed by atoms with Crippen molar-refractivity contribution in [3.8, 4) is 0 Å². The van der Waals surface area contributed by atoms with E-state index in [4.69, 9.17) is 0 Å². The molecule has 4 unspecified atom stereocenters. The lowest BCUT2D eigenvalue weighted by Gasteiger charge is -2.42. The molecule has 1 saturated carbocycles. The number of nitrogens with zero attached hydrogens (tertiary/aromatic N) is 1. The third kappa shape index (κ3) is 2.19. The highest BCUT2D eigenvalue weighted by atomic mass is 16.2. The number of imide groups is 1. The fourth-order valence-corrected chi connectivity index (χ4v) is 7.13. The van der Waals surface area contributed by atoms with Crippen LogP contribution in [0, 0.1) is 11.8 Å². The Labute approximate surface area is 181 Å². The minimum atomic E-state index is -0.235. The van der Waals surface area contributed by atoms with Crippen LogP contribution in [0.5, 0.6) is 0 Å². The summed E-state index contributed by atoms with van der Waals surface area (Å²) in [6, 6.07) is 17.3. The number of allylic oxidation sites excluding steroid dienone is 2. The van der Waals surface area contributed by atoms with Crippen molar-refractivity contribution in [2.45, 2.75) is 50.0 Å². The van der Waals surface area contributed by atoms with E-state index < -0.39 is 0 Å². The molecular weight excluding hydrogens is 382 g/mol. The number of hydrogen-bond acceptors (Lipinski definition) is 2. The van der Waals surface area contributed by atoms with Crippen molar-refractivity contribution in [3.05, 3.63) is 71.8 Å². The van der Waals surface area contributed by atoms with Crippen LogP contribution in [0.15, 0.2) is 60.7 Å². The van der Waals surface area contributed by atoms with Crippen molar-refractivity contribution in [2.75, 3.05) is 0 Å². The van der Waals surface area contributed by atoms with E-state index in [1.165, 1.54) is 39.1 Å². The van der Waals surface area contributed by atoms with Gasteiger partial charge in [-0.05, 0) is 45.5 Å². The smallest absolute Gasteiger partial charge is 0.234 e. The van der Waals surface area contributed by atoms with Gasteiger partial charge in [-0.15, -0.1) is 0 Å². The molecule has 3 aromatic rings. The van der Waals surface area contributed by atoms with E-state index in [1.807, 2.05) is 0 Å². The third-order valence-corrected chi connectivity index (χ3v) is 8.35. The molecule has 1 heterocycles. The molecule has 2 bridgehead atoms. The summed E-state index contributed by atoms with van der Waals surface area (Å²) in [6.45, 7) is 0. The van der Waals surface area contributed by atoms with Gasteiger partial charge in [-0.2, -0.15) is 0 Å². The van der Waals surface area contributed by atoms with Crippen molar-refractivity contribution < 1.29 is 9.59 Å². The standard InChI is InChI=1S/C28H25NO2/c30-27-25-21-14-15-22(26(25)28(31)29(27)16-8-2-1-3-9-16)24-20-13-7-5-11-18(20)17-10-4-6-12-19(17)23(21)24/h4-7,10-16,21-22,25-26H,1-3,8-9H2. The van der Waals surface area contributed by atoms with Crippen LogP contribution in [-0.2, 0) is 9.59 Å². The van der Waals surface area contributed by atoms with E-state index in [9.17, 15) is 9.59 Å². The second-order valence-corrected chi connectivity index (χ2v) is 9.74. The lowest BCUT2D eigenvalue weighted by Crippen LogP contribution is -2.42. The molecule has 3 heteroatoms. The molecular formula is C28H25NO2. The number of hydrogen-bond donors (Lipinski definition) is 0. The first-order valence-electron chi connectivity index (χ1n) is 11.7. The first kappa shape index (κ1) is 17.7. The highest BCUT2D eigenvalue weighted by Crippen LogP contribution is 2.59. The highest BCUT2D eigenvalue weighted by molar-refractivity contribution is 6.14. The van der Waals surface area contributed by atoms with E-state index in [0.29, 0.717) is 0 Å². The second kappa shape index (κ2) is 6.29. The molecule has 0 radical (unpaired) electrons. The number of amides is 2. The van der Waals surface area contributed by atoms with Crippen LogP contribution in [0.1, 0.15) is 55.1 Å². The number of fused-ring (bicyclic) bond motifs is 3. The molecule has 31 heavy (non-hydrogen) atoms. The van der Waals surface area contributed by atoms with Crippen LogP contribution in [0.2, 0.25) is 0 Å². The molecule has 1 aliphatic heterocycles. The Hall–Kier alpha value is -2.94. The molecule has 2 fully saturated rings. The number of benzene rings is 3. The number of rotatable bonds is 1. The van der Waals surface area contributed by atoms with E-state index in [1.54, 1.807) is 4.90 Å². The molecule has 3 nitrogen and oxygen atoms in total. The Morgan fingerprint density at radius 3 is 1.55 bits per heavy atom. The first-order chi connectivity index (χ1) is 15.3. The fraction of sp³-hybridized carbons (Fsp3) is 0.357. The zero-order valence-electron chi connectivity index (χ0n) is 17.5. The van der Waals surface area contributed by atoms with Gasteiger partial charge in [0.1, 0.15) is 0 Å². The lowest BCUT2D eigenvalue weighted by atomic mass is 9.59. The van der Waals surface area contributed by atoms with Crippen LogP contribution >= 0.6 is 0 Å². The van der Waals surface area contributed by atoms with Crippen molar-refractivity contribution >= 4 is 33.4 Å². The second-order valence-electron chi connectivity index (χ2n) is 9.74. The van der Waals surface area contributed by atoms with Gasteiger partial charge in [0.2, 0.25) is 11.8 Å². The van der Waals surface area contributed by atoms with Crippen molar-refractivity contribution in [1.29, 1.82) is 0 Å². The van der Waals surface area contributed by atoms with Gasteiger partial charge in [0, 0.05) is 17.9 Å². The monoisotopic (exact) mass is 407 g/mol. The molecule has 154 valence electrons. The summed E-state index contributed by atoms with van der Waals surface area (Å²) in [4.78, 5) is 29.1. The SMILES string of the molecule is O=C1C2C3C=CC(c4c3c3ccccc3c3ccccc43)C2C(=O)N1C1CCCCC1. The molecule has 0 spiro atoms. The molecule has 4 aliphatic carbocycles. The van der Waals surface area contributed by atoms with Gasteiger partial charge in [0.25, 0.3) is 0 Å². The predicted octanol–water partition coefficient (Wildman–Crippen LogP) is 5.68. The van der Waals surface area contributed by atoms with Gasteiger partial charge >= 0.3 is 0 Å². The Kier molecular flexibility index (Phi) is 3.59. The minimum Gasteiger partial charge on any atom is -0.279 e. The first-order valence-corrected chi connectivity index (χ1v) is 11.7. The Morgan fingerprint density at radius 2 is 1.06 bits per heavy atom. The molecule has 3 aromatic carbocycles. The largest absolute Gasteiger partial charge is 0.279 e. The Morgan fingerprint density at radius 1 is 0.613 bits per heavy atom. The summed E-state index contributed by atoms with van der Waals surface area (Å²) in [5.74, 6) is -0.314. The topological polar surface area (TPSA) is 37.4 Å². The summed E-state index contributed by atoms with van der Waals surface area (Å²) in [7, 11) is 0. The average molecular weight is 408 g/mol. The van der Waals surface area contributed by atoms with E-state index in [-0.39, 0.29) is 41.5 Å².